The summed E-state index contributed by atoms with van der Waals surface area (Å²) in [7, 11) is 0. The Morgan fingerprint density at radius 2 is 1.93 bits per heavy atom. The molecule has 1 aliphatic heterocycles. The van der Waals surface area contributed by atoms with Gasteiger partial charge in [-0.3, -0.25) is 14.5 Å². The molecule has 0 saturated heterocycles. The van der Waals surface area contributed by atoms with Gasteiger partial charge >= 0.3 is 0 Å². The zero-order valence-electron chi connectivity index (χ0n) is 15.6. The first-order valence-corrected chi connectivity index (χ1v) is 10.2. The highest BCUT2D eigenvalue weighted by Crippen LogP contribution is 2.32. The van der Waals surface area contributed by atoms with E-state index in [4.69, 9.17) is 11.6 Å². The molecule has 4 rings (SSSR count). The van der Waals surface area contributed by atoms with E-state index in [-0.39, 0.29) is 18.4 Å². The molecular weight excluding hydrogens is 454 g/mol. The van der Waals surface area contributed by atoms with Gasteiger partial charge < -0.3 is 5.32 Å². The highest BCUT2D eigenvalue weighted by Gasteiger charge is 2.43. The van der Waals surface area contributed by atoms with E-state index in [1.807, 2.05) is 54.1 Å². The molecule has 1 atom stereocenters. The first kappa shape index (κ1) is 19.6. The standard InChI is InChI=1S/C22H17BrClN3O2/c1-14-5-10-17(12-18(14)23)27-20(28)13-26-11-3-2-4-19(26)21(27)22(29)25-16-8-6-15(24)7-9-16/h2-12,21H,13H2,1H3/p+1/t21-/m1/s1. The SMILES string of the molecule is Cc1ccc(N2C(=O)C[n+]3ccccc3[C@@H]2C(=O)Nc2ccc(Cl)cc2)cc1Br. The van der Waals surface area contributed by atoms with Crippen molar-refractivity contribution in [3.8, 4) is 0 Å². The van der Waals surface area contributed by atoms with Gasteiger partial charge in [0.25, 0.3) is 11.8 Å². The van der Waals surface area contributed by atoms with E-state index in [9.17, 15) is 9.59 Å². The Morgan fingerprint density at radius 3 is 2.66 bits per heavy atom. The lowest BCUT2D eigenvalue weighted by atomic mass is 10.0. The van der Waals surface area contributed by atoms with E-state index in [1.54, 1.807) is 29.2 Å². The Kier molecular flexibility index (Phi) is 5.39. The van der Waals surface area contributed by atoms with Crippen LogP contribution in [-0.4, -0.2) is 11.8 Å². The van der Waals surface area contributed by atoms with Crippen LogP contribution in [0, 0.1) is 6.92 Å². The average molecular weight is 472 g/mol. The molecule has 5 nitrogen and oxygen atoms in total. The fourth-order valence-electron chi connectivity index (χ4n) is 3.40. The number of aryl methyl sites for hydroxylation is 1. The van der Waals surface area contributed by atoms with Crippen LogP contribution in [0.2, 0.25) is 5.02 Å². The first-order chi connectivity index (χ1) is 13.9. The molecule has 1 N–H and O–H groups in total. The number of hydrogen-bond acceptors (Lipinski definition) is 2. The molecule has 0 saturated carbocycles. The van der Waals surface area contributed by atoms with E-state index in [1.165, 1.54) is 0 Å². The second kappa shape index (κ2) is 7.97. The normalized spacial score (nSPS) is 15.8. The molecule has 1 aromatic heterocycles. The summed E-state index contributed by atoms with van der Waals surface area (Å²) >= 11 is 9.47. The Balaban J connectivity index is 1.78. The van der Waals surface area contributed by atoms with Crippen molar-refractivity contribution in [3.05, 3.63) is 87.6 Å². The first-order valence-electron chi connectivity index (χ1n) is 9.07. The molecule has 29 heavy (non-hydrogen) atoms. The largest absolute Gasteiger partial charge is 0.324 e. The van der Waals surface area contributed by atoms with Crippen LogP contribution in [-0.2, 0) is 16.1 Å². The Bertz CT molecular complexity index is 1100. The molecule has 0 radical (unpaired) electrons. The van der Waals surface area contributed by atoms with E-state index >= 15 is 0 Å². The number of aromatic nitrogens is 1. The fraction of sp³-hybridized carbons (Fsp3) is 0.136. The summed E-state index contributed by atoms with van der Waals surface area (Å²) in [6.45, 7) is 2.15. The lowest BCUT2D eigenvalue weighted by Crippen LogP contribution is -2.58. The Morgan fingerprint density at radius 1 is 1.17 bits per heavy atom. The Labute approximate surface area is 182 Å². The predicted octanol–water partition coefficient (Wildman–Crippen LogP) is 4.43. The summed E-state index contributed by atoms with van der Waals surface area (Å²) in [5.41, 5.74) is 3.08. The number of amides is 2. The van der Waals surface area contributed by atoms with Gasteiger partial charge in [0.05, 0.1) is 0 Å². The summed E-state index contributed by atoms with van der Waals surface area (Å²) in [5.74, 6) is -0.447. The molecule has 146 valence electrons. The van der Waals surface area contributed by atoms with Crippen molar-refractivity contribution in [3.63, 3.8) is 0 Å². The van der Waals surface area contributed by atoms with Crippen molar-refractivity contribution in [2.24, 2.45) is 0 Å². The zero-order valence-corrected chi connectivity index (χ0v) is 17.9. The lowest BCUT2D eigenvalue weighted by molar-refractivity contribution is -0.695. The third-order valence-electron chi connectivity index (χ3n) is 4.88. The summed E-state index contributed by atoms with van der Waals surface area (Å²) in [6, 6.07) is 17.3. The van der Waals surface area contributed by atoms with Gasteiger partial charge in [0.15, 0.2) is 6.20 Å². The number of nitrogens with one attached hydrogen (secondary N) is 1. The number of hydrogen-bond donors (Lipinski definition) is 1. The minimum absolute atomic E-state index is 0.152. The maximum absolute atomic E-state index is 13.3. The number of rotatable bonds is 3. The van der Waals surface area contributed by atoms with Crippen LogP contribution >= 0.6 is 27.5 Å². The van der Waals surface area contributed by atoms with Crippen LogP contribution in [0.3, 0.4) is 0 Å². The number of halogens is 2. The van der Waals surface area contributed by atoms with Gasteiger partial charge in [-0.25, -0.2) is 0 Å². The quantitative estimate of drug-likeness (QED) is 0.575. The molecule has 0 fully saturated rings. The van der Waals surface area contributed by atoms with Crippen molar-refractivity contribution in [1.29, 1.82) is 0 Å². The van der Waals surface area contributed by atoms with Crippen LogP contribution in [0.5, 0.6) is 0 Å². The van der Waals surface area contributed by atoms with Crippen LogP contribution in [0.25, 0.3) is 0 Å². The summed E-state index contributed by atoms with van der Waals surface area (Å²) in [4.78, 5) is 28.0. The molecule has 0 unspecified atom stereocenters. The molecular formula is C22H18BrClN3O2+. The maximum atomic E-state index is 13.3. The number of pyridine rings is 1. The summed E-state index contributed by atoms with van der Waals surface area (Å²) in [5, 5.41) is 3.50. The minimum Gasteiger partial charge on any atom is -0.324 e. The number of nitrogens with zero attached hydrogens (tertiary/aromatic N) is 2. The topological polar surface area (TPSA) is 53.3 Å². The average Bonchev–Trinajstić information content (AvgIpc) is 2.71. The molecule has 7 heteroatoms. The molecule has 0 bridgehead atoms. The Hall–Kier alpha value is -2.70. The van der Waals surface area contributed by atoms with Crippen molar-refractivity contribution in [2.75, 3.05) is 10.2 Å². The molecule has 3 aromatic rings. The number of carbonyl (C=O) groups excluding carboxylic acids is 2. The third kappa shape index (κ3) is 3.91. The van der Waals surface area contributed by atoms with E-state index in [0.717, 1.165) is 15.7 Å². The van der Waals surface area contributed by atoms with Crippen LogP contribution in [0.1, 0.15) is 17.3 Å². The highest BCUT2D eigenvalue weighted by atomic mass is 79.9. The highest BCUT2D eigenvalue weighted by molar-refractivity contribution is 9.10. The van der Waals surface area contributed by atoms with Crippen molar-refractivity contribution in [1.82, 2.24) is 0 Å². The van der Waals surface area contributed by atoms with Gasteiger partial charge in [-0.2, -0.15) is 4.57 Å². The summed E-state index contributed by atoms with van der Waals surface area (Å²) < 4.78 is 2.69. The van der Waals surface area contributed by atoms with Crippen molar-refractivity contribution in [2.45, 2.75) is 19.5 Å². The molecule has 2 heterocycles. The van der Waals surface area contributed by atoms with Gasteiger partial charge in [0, 0.05) is 33.0 Å². The number of fused-ring (bicyclic) bond motifs is 1. The molecule has 2 amide bonds. The number of benzene rings is 2. The van der Waals surface area contributed by atoms with E-state index in [0.29, 0.717) is 16.4 Å². The van der Waals surface area contributed by atoms with E-state index < -0.39 is 6.04 Å². The molecule has 2 aromatic carbocycles. The molecule has 1 aliphatic rings. The van der Waals surface area contributed by atoms with E-state index in [2.05, 4.69) is 21.2 Å². The molecule has 0 spiro atoms. The van der Waals surface area contributed by atoms with Crippen LogP contribution < -0.4 is 14.8 Å². The maximum Gasteiger partial charge on any atom is 0.294 e. The van der Waals surface area contributed by atoms with Crippen LogP contribution in [0.15, 0.2) is 71.3 Å². The number of carbonyl (C=O) groups is 2. The predicted molar refractivity (Wildman–Crippen MR) is 116 cm³/mol. The third-order valence-corrected chi connectivity index (χ3v) is 5.99. The van der Waals surface area contributed by atoms with Gasteiger partial charge in [-0.05, 0) is 48.9 Å². The molecule has 0 aliphatic carbocycles. The summed E-state index contributed by atoms with van der Waals surface area (Å²) in [6.07, 6.45) is 1.82. The monoisotopic (exact) mass is 470 g/mol. The van der Waals surface area contributed by atoms with Crippen LogP contribution in [0.4, 0.5) is 11.4 Å². The number of anilines is 2. The second-order valence-electron chi connectivity index (χ2n) is 6.85. The zero-order chi connectivity index (χ0) is 20.5. The van der Waals surface area contributed by atoms with Gasteiger partial charge in [0.1, 0.15) is 0 Å². The van der Waals surface area contributed by atoms with Crippen molar-refractivity contribution >= 4 is 50.7 Å². The smallest absolute Gasteiger partial charge is 0.294 e. The van der Waals surface area contributed by atoms with Gasteiger partial charge in [-0.1, -0.05) is 39.7 Å². The lowest BCUT2D eigenvalue weighted by Gasteiger charge is -2.32. The second-order valence-corrected chi connectivity index (χ2v) is 8.14. The van der Waals surface area contributed by atoms with Crippen molar-refractivity contribution < 1.29 is 14.2 Å². The fourth-order valence-corrected chi connectivity index (χ4v) is 3.89. The minimum atomic E-state index is -0.803. The van der Waals surface area contributed by atoms with Gasteiger partial charge in [-0.15, -0.1) is 0 Å². The van der Waals surface area contributed by atoms with Gasteiger partial charge in [0.2, 0.25) is 18.3 Å².